The second-order valence-electron chi connectivity index (χ2n) is 4.56. The van der Waals surface area contributed by atoms with Crippen molar-refractivity contribution in [2.24, 2.45) is 0 Å². The third-order valence-electron chi connectivity index (χ3n) is 3.26. The highest BCUT2D eigenvalue weighted by Gasteiger charge is 2.12. The molecule has 3 rings (SSSR count). The molecule has 0 atom stereocenters. The van der Waals surface area contributed by atoms with Crippen LogP contribution in [0.25, 0.3) is 22.0 Å². The van der Waals surface area contributed by atoms with E-state index in [1.807, 2.05) is 6.07 Å². The summed E-state index contributed by atoms with van der Waals surface area (Å²) in [5.41, 5.74) is 0.795. The Labute approximate surface area is 118 Å². The molecule has 0 unspecified atom stereocenters. The molecule has 0 aliphatic heterocycles. The van der Waals surface area contributed by atoms with Gasteiger partial charge in [0.05, 0.1) is 22.7 Å². The lowest BCUT2D eigenvalue weighted by Gasteiger charge is -2.08. The van der Waals surface area contributed by atoms with Crippen molar-refractivity contribution < 1.29 is 9.50 Å². The largest absolute Gasteiger partial charge is 0.505 e. The number of H-pyrrole nitrogens is 1. The van der Waals surface area contributed by atoms with E-state index in [1.165, 1.54) is 12.1 Å². The van der Waals surface area contributed by atoms with Crippen LogP contribution in [-0.4, -0.2) is 10.1 Å². The zero-order valence-electron chi connectivity index (χ0n) is 10.7. The molecule has 0 saturated carbocycles. The van der Waals surface area contributed by atoms with Gasteiger partial charge in [-0.25, -0.2) is 4.39 Å². The molecule has 2 N–H and O–H groups in total. The number of nitrogens with one attached hydrogen (secondary N) is 1. The molecule has 1 aromatic heterocycles. The number of hydrogen-bond acceptors (Lipinski definition) is 3. The van der Waals surface area contributed by atoms with Crippen LogP contribution in [0.2, 0.25) is 0 Å². The van der Waals surface area contributed by atoms with Crippen molar-refractivity contribution >= 4 is 10.8 Å². The van der Waals surface area contributed by atoms with Gasteiger partial charge in [0, 0.05) is 10.9 Å². The van der Waals surface area contributed by atoms with Crippen LogP contribution in [0.5, 0.6) is 5.75 Å². The van der Waals surface area contributed by atoms with E-state index in [1.54, 1.807) is 24.3 Å². The summed E-state index contributed by atoms with van der Waals surface area (Å²) in [5.74, 6) is -0.673. The first kappa shape index (κ1) is 12.9. The Morgan fingerprint density at radius 3 is 2.48 bits per heavy atom. The predicted molar refractivity (Wildman–Crippen MR) is 76.3 cm³/mol. The van der Waals surface area contributed by atoms with E-state index >= 15 is 0 Å². The lowest BCUT2D eigenvalue weighted by atomic mass is 10.0. The van der Waals surface area contributed by atoms with Gasteiger partial charge < -0.3 is 10.1 Å². The number of aromatic nitrogens is 1. The number of halogens is 1. The highest BCUT2D eigenvalue weighted by atomic mass is 19.1. The minimum atomic E-state index is -0.543. The molecule has 0 aliphatic carbocycles. The minimum Gasteiger partial charge on any atom is -0.505 e. The average molecular weight is 280 g/mol. The molecule has 0 amide bonds. The molecule has 3 aromatic rings. The van der Waals surface area contributed by atoms with E-state index < -0.39 is 11.4 Å². The lowest BCUT2D eigenvalue weighted by molar-refractivity contribution is 0.481. The maximum absolute atomic E-state index is 13.2. The lowest BCUT2D eigenvalue weighted by Crippen LogP contribution is -2.08. The zero-order chi connectivity index (χ0) is 15.0. The highest BCUT2D eigenvalue weighted by molar-refractivity contribution is 5.92. The van der Waals surface area contributed by atoms with E-state index in [0.29, 0.717) is 11.1 Å². The highest BCUT2D eigenvalue weighted by Crippen LogP contribution is 2.32. The van der Waals surface area contributed by atoms with E-state index in [0.717, 1.165) is 6.07 Å². The number of fused-ring (bicyclic) bond motifs is 1. The number of benzene rings is 2. The van der Waals surface area contributed by atoms with Gasteiger partial charge in [0.15, 0.2) is 0 Å². The Morgan fingerprint density at radius 2 is 1.81 bits per heavy atom. The van der Waals surface area contributed by atoms with Crippen molar-refractivity contribution in [3.8, 4) is 23.1 Å². The maximum Gasteiger partial charge on any atom is 0.256 e. The van der Waals surface area contributed by atoms with Gasteiger partial charge in [0.1, 0.15) is 11.6 Å². The Balaban J connectivity index is 2.28. The Morgan fingerprint density at radius 1 is 1.10 bits per heavy atom. The van der Waals surface area contributed by atoms with Crippen LogP contribution in [0.1, 0.15) is 5.56 Å². The quantitative estimate of drug-likeness (QED) is 0.719. The van der Waals surface area contributed by atoms with E-state index in [9.17, 15) is 14.3 Å². The summed E-state index contributed by atoms with van der Waals surface area (Å²) >= 11 is 0. The smallest absolute Gasteiger partial charge is 0.256 e. The molecule has 4 nitrogen and oxygen atoms in total. The number of nitrogens with zero attached hydrogens (tertiary/aromatic N) is 1. The van der Waals surface area contributed by atoms with Gasteiger partial charge in [-0.2, -0.15) is 5.26 Å². The van der Waals surface area contributed by atoms with Crippen LogP contribution < -0.4 is 5.56 Å². The summed E-state index contributed by atoms with van der Waals surface area (Å²) in [7, 11) is 0. The molecule has 0 spiro atoms. The molecule has 2 aromatic carbocycles. The number of aromatic amines is 1. The topological polar surface area (TPSA) is 76.9 Å². The van der Waals surface area contributed by atoms with E-state index in [4.69, 9.17) is 5.26 Å². The van der Waals surface area contributed by atoms with E-state index in [-0.39, 0.29) is 22.2 Å². The Bertz CT molecular complexity index is 937. The summed E-state index contributed by atoms with van der Waals surface area (Å²) in [6.07, 6.45) is 0. The summed E-state index contributed by atoms with van der Waals surface area (Å²) in [4.78, 5) is 14.6. The molecule has 0 radical (unpaired) electrons. The monoisotopic (exact) mass is 280 g/mol. The molecular formula is C16H9FN2O2. The van der Waals surface area contributed by atoms with Gasteiger partial charge in [-0.15, -0.1) is 0 Å². The van der Waals surface area contributed by atoms with E-state index in [2.05, 4.69) is 4.98 Å². The number of aromatic hydroxyl groups is 1. The summed E-state index contributed by atoms with van der Waals surface area (Å²) in [6.45, 7) is 0. The molecule has 1 heterocycles. The maximum atomic E-state index is 13.2. The first-order chi connectivity index (χ1) is 10.1. The molecule has 0 bridgehead atoms. The van der Waals surface area contributed by atoms with Crippen molar-refractivity contribution in [1.82, 2.24) is 4.98 Å². The van der Waals surface area contributed by atoms with Crippen LogP contribution in [0, 0.1) is 17.1 Å². The molecule has 21 heavy (non-hydrogen) atoms. The number of rotatable bonds is 1. The van der Waals surface area contributed by atoms with Gasteiger partial charge in [-0.05, 0) is 30.3 Å². The minimum absolute atomic E-state index is 0.0879. The van der Waals surface area contributed by atoms with Gasteiger partial charge in [0.25, 0.3) is 5.56 Å². The SMILES string of the molecule is N#Cc1ccc(-c2[nH]c(=O)c3cc(F)ccc3c2O)cc1. The number of nitriles is 1. The summed E-state index contributed by atoms with van der Waals surface area (Å²) in [6, 6.07) is 12.0. The standard InChI is InChI=1S/C16H9FN2O2/c17-11-5-6-12-13(7-11)16(21)19-14(15(12)20)10-3-1-9(8-18)2-4-10/h1-7,20H,(H,19,21). The van der Waals surface area contributed by atoms with Crippen molar-refractivity contribution in [3.63, 3.8) is 0 Å². The second-order valence-corrected chi connectivity index (χ2v) is 4.56. The van der Waals surface area contributed by atoms with Crippen molar-refractivity contribution in [3.05, 3.63) is 64.2 Å². The van der Waals surface area contributed by atoms with Crippen molar-refractivity contribution in [2.75, 3.05) is 0 Å². The third-order valence-corrected chi connectivity index (χ3v) is 3.26. The molecular weight excluding hydrogens is 271 g/mol. The zero-order valence-corrected chi connectivity index (χ0v) is 10.7. The average Bonchev–Trinajstić information content (AvgIpc) is 2.51. The van der Waals surface area contributed by atoms with Crippen LogP contribution in [0.4, 0.5) is 4.39 Å². The van der Waals surface area contributed by atoms with Gasteiger partial charge in [-0.1, -0.05) is 12.1 Å². The van der Waals surface area contributed by atoms with Gasteiger partial charge in [-0.3, -0.25) is 4.79 Å². The van der Waals surface area contributed by atoms with Crippen LogP contribution >= 0.6 is 0 Å². The Kier molecular flexibility index (Phi) is 2.92. The third kappa shape index (κ3) is 2.13. The summed E-state index contributed by atoms with van der Waals surface area (Å²) < 4.78 is 13.2. The summed E-state index contributed by atoms with van der Waals surface area (Å²) in [5, 5.41) is 19.4. The Hall–Kier alpha value is -3.13. The van der Waals surface area contributed by atoms with Crippen molar-refractivity contribution in [1.29, 1.82) is 5.26 Å². The van der Waals surface area contributed by atoms with Crippen LogP contribution in [0.3, 0.4) is 0 Å². The fourth-order valence-corrected chi connectivity index (χ4v) is 2.21. The molecule has 0 fully saturated rings. The normalized spacial score (nSPS) is 10.5. The predicted octanol–water partition coefficient (Wildman–Crippen LogP) is 2.91. The molecule has 102 valence electrons. The number of pyridine rings is 1. The molecule has 0 aliphatic rings. The first-order valence-corrected chi connectivity index (χ1v) is 6.15. The van der Waals surface area contributed by atoms with Crippen molar-refractivity contribution in [2.45, 2.75) is 0 Å². The molecule has 5 heteroatoms. The second kappa shape index (κ2) is 4.76. The van der Waals surface area contributed by atoms with Crippen LogP contribution in [-0.2, 0) is 0 Å². The first-order valence-electron chi connectivity index (χ1n) is 6.15. The number of hydrogen-bond donors (Lipinski definition) is 2. The fourth-order valence-electron chi connectivity index (χ4n) is 2.21. The fraction of sp³-hybridized carbons (Fsp3) is 0. The van der Waals surface area contributed by atoms with Crippen LogP contribution in [0.15, 0.2) is 47.3 Å². The molecule has 0 saturated heterocycles. The van der Waals surface area contributed by atoms with Gasteiger partial charge in [0.2, 0.25) is 0 Å². The van der Waals surface area contributed by atoms with Gasteiger partial charge >= 0.3 is 0 Å².